The molecule has 0 aromatic heterocycles. The predicted molar refractivity (Wildman–Crippen MR) is 163 cm³/mol. The van der Waals surface area contributed by atoms with Crippen molar-refractivity contribution in [3.05, 3.63) is 109 Å². The number of ether oxygens (including phenoxy) is 2. The highest BCUT2D eigenvalue weighted by Gasteiger charge is 2.50. The number of esters is 2. The van der Waals surface area contributed by atoms with Crippen LogP contribution in [0.4, 0.5) is 0 Å². The molecule has 7 nitrogen and oxygen atoms in total. The Morgan fingerprint density at radius 2 is 1.32 bits per heavy atom. The predicted octanol–water partition coefficient (Wildman–Crippen LogP) is 4.41. The highest BCUT2D eigenvalue weighted by atomic mass is 28.4. The second-order valence-electron chi connectivity index (χ2n) is 11.0. The fourth-order valence-electron chi connectivity index (χ4n) is 4.88. The summed E-state index contributed by atoms with van der Waals surface area (Å²) in [5.74, 6) is -1.62. The zero-order chi connectivity index (χ0) is 30.1. The Balaban J connectivity index is 1.99. The van der Waals surface area contributed by atoms with Crippen molar-refractivity contribution in [1.29, 1.82) is 0 Å². The van der Waals surface area contributed by atoms with Gasteiger partial charge in [-0.3, -0.25) is 9.59 Å². The average Bonchev–Trinajstić information content (AvgIpc) is 2.96. The molecule has 8 heteroatoms. The number of hydrogen-bond donors (Lipinski definition) is 1. The number of benzene rings is 3. The molecule has 0 fully saturated rings. The number of rotatable bonds is 11. The normalized spacial score (nSPS) is 14.1. The highest BCUT2D eigenvalue weighted by molar-refractivity contribution is 6.99. The van der Waals surface area contributed by atoms with E-state index >= 15 is 0 Å². The standard InChI is InChI=1S/C33H39NO6Si/c1-25(35)40-27(22-23-33(5,31(37)38-6)34-30(36)26-16-10-7-11-17-26)24-39-41(32(2,3)4,28-18-12-8-13-19-28)29-20-14-9-15-21-29/h7-23,27H,24H2,1-6H3,(H,34,36)/t27-,33-/m0/s1. The summed E-state index contributed by atoms with van der Waals surface area (Å²) in [5.41, 5.74) is -1.14. The minimum atomic E-state index is -2.92. The smallest absolute Gasteiger partial charge is 0.335 e. The maximum absolute atomic E-state index is 12.9. The Morgan fingerprint density at radius 1 is 0.829 bits per heavy atom. The molecule has 0 aliphatic rings. The summed E-state index contributed by atoms with van der Waals surface area (Å²) >= 11 is 0. The third kappa shape index (κ3) is 7.59. The average molecular weight is 574 g/mol. The van der Waals surface area contributed by atoms with Crippen molar-refractivity contribution >= 4 is 36.5 Å². The number of amides is 1. The molecule has 1 N–H and O–H groups in total. The Morgan fingerprint density at radius 3 is 1.76 bits per heavy atom. The van der Waals surface area contributed by atoms with E-state index in [9.17, 15) is 14.4 Å². The van der Waals surface area contributed by atoms with Crippen LogP contribution >= 0.6 is 0 Å². The van der Waals surface area contributed by atoms with Gasteiger partial charge in [-0.05, 0) is 46.6 Å². The fourth-order valence-corrected chi connectivity index (χ4v) is 9.45. The zero-order valence-electron chi connectivity index (χ0n) is 24.5. The zero-order valence-corrected chi connectivity index (χ0v) is 25.5. The topological polar surface area (TPSA) is 90.9 Å². The molecular weight excluding hydrogens is 534 g/mol. The van der Waals surface area contributed by atoms with Crippen molar-refractivity contribution in [2.24, 2.45) is 0 Å². The first-order valence-electron chi connectivity index (χ1n) is 13.5. The molecule has 2 atom stereocenters. The molecule has 3 aromatic rings. The van der Waals surface area contributed by atoms with Gasteiger partial charge in [-0.2, -0.15) is 0 Å². The molecule has 0 aliphatic heterocycles. The minimum absolute atomic E-state index is 0.0350. The second-order valence-corrected chi connectivity index (χ2v) is 15.3. The highest BCUT2D eigenvalue weighted by Crippen LogP contribution is 2.37. The van der Waals surface area contributed by atoms with Crippen molar-refractivity contribution in [3.8, 4) is 0 Å². The molecule has 3 rings (SSSR count). The molecule has 3 aromatic carbocycles. The molecule has 0 unspecified atom stereocenters. The maximum Gasteiger partial charge on any atom is 0.335 e. The Bertz CT molecular complexity index is 1300. The first-order chi connectivity index (χ1) is 19.4. The quantitative estimate of drug-likeness (QED) is 0.208. The monoisotopic (exact) mass is 573 g/mol. The van der Waals surface area contributed by atoms with E-state index in [0.717, 1.165) is 10.4 Å². The summed E-state index contributed by atoms with van der Waals surface area (Å²) in [6.07, 6.45) is 2.22. The van der Waals surface area contributed by atoms with Gasteiger partial charge in [0.2, 0.25) is 0 Å². The van der Waals surface area contributed by atoms with E-state index in [-0.39, 0.29) is 11.6 Å². The van der Waals surface area contributed by atoms with Crippen molar-refractivity contribution in [2.75, 3.05) is 13.7 Å². The van der Waals surface area contributed by atoms with Crippen molar-refractivity contribution in [1.82, 2.24) is 5.32 Å². The van der Waals surface area contributed by atoms with Crippen LogP contribution in [0, 0.1) is 0 Å². The largest absolute Gasteiger partial charge is 0.467 e. The maximum atomic E-state index is 12.9. The van der Waals surface area contributed by atoms with Crippen LogP contribution in [0.3, 0.4) is 0 Å². The van der Waals surface area contributed by atoms with Crippen LogP contribution in [0.5, 0.6) is 0 Å². The van der Waals surface area contributed by atoms with Gasteiger partial charge in [-0.25, -0.2) is 4.79 Å². The molecule has 0 spiro atoms. The van der Waals surface area contributed by atoms with E-state index in [2.05, 4.69) is 50.4 Å². The van der Waals surface area contributed by atoms with E-state index in [1.807, 2.05) is 36.4 Å². The molecule has 0 saturated heterocycles. The number of carbonyl (C=O) groups excluding carboxylic acids is 3. The van der Waals surface area contributed by atoms with Gasteiger partial charge in [-0.15, -0.1) is 0 Å². The summed E-state index contributed by atoms with van der Waals surface area (Å²) in [4.78, 5) is 37.9. The van der Waals surface area contributed by atoms with Crippen LogP contribution in [-0.2, 0) is 23.5 Å². The third-order valence-electron chi connectivity index (χ3n) is 6.86. The van der Waals surface area contributed by atoms with Crippen LogP contribution in [0.15, 0.2) is 103 Å². The van der Waals surface area contributed by atoms with Crippen molar-refractivity contribution in [2.45, 2.75) is 51.3 Å². The lowest BCUT2D eigenvalue weighted by atomic mass is 10.00. The summed E-state index contributed by atoms with van der Waals surface area (Å²) in [5, 5.41) is 4.62. The number of nitrogens with one attached hydrogen (secondary N) is 1. The van der Waals surface area contributed by atoms with Gasteiger partial charge in [0.05, 0.1) is 13.7 Å². The fraction of sp³-hybridized carbons (Fsp3) is 0.303. The Hall–Kier alpha value is -4.01. The van der Waals surface area contributed by atoms with Crippen LogP contribution in [0.1, 0.15) is 45.0 Å². The summed E-state index contributed by atoms with van der Waals surface area (Å²) in [7, 11) is -1.67. The van der Waals surface area contributed by atoms with Crippen LogP contribution in [-0.4, -0.2) is 51.5 Å². The van der Waals surface area contributed by atoms with Gasteiger partial charge in [0.1, 0.15) is 6.10 Å². The Kier molecular flexibility index (Phi) is 10.4. The first-order valence-corrected chi connectivity index (χ1v) is 15.4. The van der Waals surface area contributed by atoms with Gasteiger partial charge in [0.15, 0.2) is 5.54 Å². The van der Waals surface area contributed by atoms with Gasteiger partial charge < -0.3 is 19.2 Å². The van der Waals surface area contributed by atoms with Crippen LogP contribution in [0.25, 0.3) is 0 Å². The lowest BCUT2D eigenvalue weighted by Crippen LogP contribution is -2.67. The summed E-state index contributed by atoms with van der Waals surface area (Å²) in [6.45, 7) is 9.35. The van der Waals surface area contributed by atoms with Crippen LogP contribution < -0.4 is 15.7 Å². The third-order valence-corrected chi connectivity index (χ3v) is 11.9. The molecule has 0 radical (unpaired) electrons. The number of methoxy groups -OCH3 is 1. The van der Waals surface area contributed by atoms with Crippen LogP contribution in [0.2, 0.25) is 5.04 Å². The van der Waals surface area contributed by atoms with Gasteiger partial charge in [-0.1, -0.05) is 99.6 Å². The lowest BCUT2D eigenvalue weighted by molar-refractivity contribution is -0.145. The molecule has 216 valence electrons. The number of carbonyl (C=O) groups is 3. The SMILES string of the molecule is COC(=O)[C@](C)(C=C[C@@H](CO[Si](c1ccccc1)(c1ccccc1)C(C)(C)C)OC(C)=O)NC(=O)c1ccccc1. The van der Waals surface area contributed by atoms with E-state index in [0.29, 0.717) is 5.56 Å². The first kappa shape index (κ1) is 31.5. The Labute approximate surface area is 243 Å². The molecule has 0 saturated carbocycles. The summed E-state index contributed by atoms with van der Waals surface area (Å²) < 4.78 is 17.6. The van der Waals surface area contributed by atoms with Crippen molar-refractivity contribution in [3.63, 3.8) is 0 Å². The van der Waals surface area contributed by atoms with Gasteiger partial charge in [0.25, 0.3) is 14.2 Å². The van der Waals surface area contributed by atoms with Crippen molar-refractivity contribution < 1.29 is 28.3 Å². The molecule has 41 heavy (non-hydrogen) atoms. The molecule has 1 amide bonds. The second kappa shape index (κ2) is 13.6. The van der Waals surface area contributed by atoms with E-state index in [1.165, 1.54) is 27.0 Å². The summed E-state index contributed by atoms with van der Waals surface area (Å²) in [6, 6.07) is 28.8. The minimum Gasteiger partial charge on any atom is -0.467 e. The molecule has 0 aliphatic carbocycles. The molecule has 0 bridgehead atoms. The van der Waals surface area contributed by atoms with E-state index in [4.69, 9.17) is 13.9 Å². The lowest BCUT2D eigenvalue weighted by Gasteiger charge is -2.43. The van der Waals surface area contributed by atoms with Gasteiger partial charge >= 0.3 is 11.9 Å². The van der Waals surface area contributed by atoms with E-state index in [1.54, 1.807) is 36.4 Å². The number of hydrogen-bond acceptors (Lipinski definition) is 6. The molecular formula is C33H39NO6Si. The van der Waals surface area contributed by atoms with E-state index < -0.39 is 37.8 Å². The van der Waals surface area contributed by atoms with Gasteiger partial charge in [0, 0.05) is 12.5 Å². The molecule has 0 heterocycles.